The van der Waals surface area contributed by atoms with Gasteiger partial charge in [-0.25, -0.2) is 4.98 Å². The van der Waals surface area contributed by atoms with E-state index in [1.54, 1.807) is 18.2 Å². The molecule has 1 aromatic heterocycles. The van der Waals surface area contributed by atoms with E-state index >= 15 is 0 Å². The fourth-order valence-corrected chi connectivity index (χ4v) is 2.47. The van der Waals surface area contributed by atoms with Gasteiger partial charge in [-0.1, -0.05) is 23.2 Å². The predicted octanol–water partition coefficient (Wildman–Crippen LogP) is 3.78. The molecule has 0 unspecified atom stereocenters. The average Bonchev–Trinajstić information content (AvgIpc) is 2.73. The van der Waals surface area contributed by atoms with Crippen molar-refractivity contribution in [2.75, 3.05) is 11.9 Å². The summed E-state index contributed by atoms with van der Waals surface area (Å²) in [6.07, 6.45) is 0. The van der Waals surface area contributed by atoms with Crippen molar-refractivity contribution in [2.24, 2.45) is 0 Å². The maximum absolute atomic E-state index is 11.6. The van der Waals surface area contributed by atoms with Gasteiger partial charge in [-0.15, -0.1) is 11.3 Å². The maximum Gasteiger partial charge on any atom is 0.264 e. The van der Waals surface area contributed by atoms with Crippen LogP contribution in [0.3, 0.4) is 0 Å². The molecule has 1 N–H and O–H groups in total. The Morgan fingerprint density at radius 1 is 1.47 bits per heavy atom. The summed E-state index contributed by atoms with van der Waals surface area (Å²) in [6, 6.07) is 4.82. The summed E-state index contributed by atoms with van der Waals surface area (Å²) in [5.41, 5.74) is 0.863. The summed E-state index contributed by atoms with van der Waals surface area (Å²) >= 11 is 13.1. The number of rotatable bonds is 4. The fraction of sp³-hybridized carbons (Fsp3) is 0.167. The third kappa shape index (κ3) is 4.09. The molecule has 4 nitrogen and oxygen atoms in total. The third-order valence-electron chi connectivity index (χ3n) is 2.12. The van der Waals surface area contributed by atoms with Crippen LogP contribution in [0.1, 0.15) is 5.69 Å². The number of aromatic nitrogens is 1. The van der Waals surface area contributed by atoms with Crippen LogP contribution in [0.5, 0.6) is 5.75 Å². The molecule has 0 aliphatic rings. The van der Waals surface area contributed by atoms with Gasteiger partial charge in [-0.2, -0.15) is 0 Å². The van der Waals surface area contributed by atoms with Crippen LogP contribution < -0.4 is 10.1 Å². The molecule has 0 spiro atoms. The molecule has 0 aliphatic carbocycles. The highest BCUT2D eigenvalue weighted by Crippen LogP contribution is 2.27. The summed E-state index contributed by atoms with van der Waals surface area (Å²) in [6.45, 7) is 1.72. The van der Waals surface area contributed by atoms with Crippen LogP contribution in [0.2, 0.25) is 10.0 Å². The largest absolute Gasteiger partial charge is 0.482 e. The van der Waals surface area contributed by atoms with Crippen LogP contribution >= 0.6 is 34.5 Å². The van der Waals surface area contributed by atoms with Crippen molar-refractivity contribution in [3.8, 4) is 5.75 Å². The molecular formula is C12H10Cl2N2O2S. The minimum absolute atomic E-state index is 0.139. The van der Waals surface area contributed by atoms with E-state index in [0.717, 1.165) is 5.69 Å². The first kappa shape index (κ1) is 14.1. The lowest BCUT2D eigenvalue weighted by Crippen LogP contribution is -2.20. The molecule has 0 radical (unpaired) electrons. The molecule has 2 aromatic rings. The zero-order chi connectivity index (χ0) is 13.8. The number of carbonyl (C=O) groups excluding carboxylic acids is 1. The average molecular weight is 317 g/mol. The van der Waals surface area contributed by atoms with Crippen molar-refractivity contribution < 1.29 is 9.53 Å². The number of nitrogens with one attached hydrogen (secondary N) is 1. The quantitative estimate of drug-likeness (QED) is 0.934. The topological polar surface area (TPSA) is 51.2 Å². The molecule has 2 rings (SSSR count). The molecular weight excluding hydrogens is 307 g/mol. The van der Waals surface area contributed by atoms with Gasteiger partial charge >= 0.3 is 0 Å². The normalized spacial score (nSPS) is 10.3. The number of halogens is 2. The molecule has 19 heavy (non-hydrogen) atoms. The van der Waals surface area contributed by atoms with Gasteiger partial charge in [0.05, 0.1) is 10.7 Å². The summed E-state index contributed by atoms with van der Waals surface area (Å²) in [5.74, 6) is 0.122. The second-order valence-corrected chi connectivity index (χ2v) is 5.41. The number of anilines is 1. The van der Waals surface area contributed by atoms with Gasteiger partial charge in [0, 0.05) is 10.4 Å². The molecule has 100 valence electrons. The maximum atomic E-state index is 11.6. The number of thiazole rings is 1. The Balaban J connectivity index is 1.89. The van der Waals surface area contributed by atoms with Crippen LogP contribution in [-0.2, 0) is 4.79 Å². The first-order valence-corrected chi connectivity index (χ1v) is 6.98. The molecule has 0 saturated heterocycles. The van der Waals surface area contributed by atoms with Gasteiger partial charge in [0.15, 0.2) is 11.7 Å². The molecule has 1 aromatic carbocycles. The molecule has 0 atom stereocenters. The van der Waals surface area contributed by atoms with Gasteiger partial charge in [-0.3, -0.25) is 10.1 Å². The molecule has 1 heterocycles. The monoisotopic (exact) mass is 316 g/mol. The second kappa shape index (κ2) is 6.23. The highest BCUT2D eigenvalue weighted by Gasteiger charge is 2.08. The lowest BCUT2D eigenvalue weighted by Gasteiger charge is -2.07. The van der Waals surface area contributed by atoms with E-state index in [9.17, 15) is 4.79 Å². The van der Waals surface area contributed by atoms with Gasteiger partial charge in [0.1, 0.15) is 5.75 Å². The molecule has 0 aliphatic heterocycles. The number of ether oxygens (including phenoxy) is 1. The van der Waals surface area contributed by atoms with E-state index in [0.29, 0.717) is 20.9 Å². The highest BCUT2D eigenvalue weighted by atomic mass is 35.5. The third-order valence-corrected chi connectivity index (χ3v) is 3.52. The van der Waals surface area contributed by atoms with E-state index < -0.39 is 0 Å². The second-order valence-electron chi connectivity index (χ2n) is 3.71. The van der Waals surface area contributed by atoms with Gasteiger partial charge < -0.3 is 4.74 Å². The van der Waals surface area contributed by atoms with Crippen molar-refractivity contribution in [1.29, 1.82) is 0 Å². The SMILES string of the molecule is Cc1csc(NC(=O)COc2ccc(Cl)cc2Cl)n1. The molecule has 1 amide bonds. The Morgan fingerprint density at radius 3 is 2.89 bits per heavy atom. The Kier molecular flexibility index (Phi) is 4.63. The Bertz CT molecular complexity index is 601. The number of hydrogen-bond acceptors (Lipinski definition) is 4. The fourth-order valence-electron chi connectivity index (χ4n) is 1.30. The van der Waals surface area contributed by atoms with E-state index in [2.05, 4.69) is 10.3 Å². The zero-order valence-electron chi connectivity index (χ0n) is 9.94. The number of aryl methyl sites for hydroxylation is 1. The first-order chi connectivity index (χ1) is 9.04. The lowest BCUT2D eigenvalue weighted by molar-refractivity contribution is -0.118. The summed E-state index contributed by atoms with van der Waals surface area (Å²) in [4.78, 5) is 15.8. The Morgan fingerprint density at radius 2 is 2.26 bits per heavy atom. The Hall–Kier alpha value is -1.30. The van der Waals surface area contributed by atoms with E-state index in [1.165, 1.54) is 11.3 Å². The Labute approximate surface area is 124 Å². The lowest BCUT2D eigenvalue weighted by atomic mass is 10.3. The van der Waals surface area contributed by atoms with Crippen LogP contribution in [0.15, 0.2) is 23.6 Å². The summed E-state index contributed by atoms with van der Waals surface area (Å²) in [5, 5.41) is 5.92. The zero-order valence-corrected chi connectivity index (χ0v) is 12.3. The van der Waals surface area contributed by atoms with E-state index in [-0.39, 0.29) is 12.5 Å². The van der Waals surface area contributed by atoms with Crippen molar-refractivity contribution >= 4 is 45.6 Å². The molecule has 0 bridgehead atoms. The van der Waals surface area contributed by atoms with Crippen LogP contribution in [0, 0.1) is 6.92 Å². The predicted molar refractivity (Wildman–Crippen MR) is 77.4 cm³/mol. The standard InChI is InChI=1S/C12H10Cl2N2O2S/c1-7-6-19-12(15-7)16-11(17)5-18-10-3-2-8(13)4-9(10)14/h2-4,6H,5H2,1H3,(H,15,16,17). The van der Waals surface area contributed by atoms with Crippen molar-refractivity contribution in [1.82, 2.24) is 4.98 Å². The minimum Gasteiger partial charge on any atom is -0.482 e. The number of hydrogen-bond donors (Lipinski definition) is 1. The van der Waals surface area contributed by atoms with Crippen molar-refractivity contribution in [3.63, 3.8) is 0 Å². The number of carbonyl (C=O) groups is 1. The molecule has 0 fully saturated rings. The van der Waals surface area contributed by atoms with E-state index in [4.69, 9.17) is 27.9 Å². The van der Waals surface area contributed by atoms with Gasteiger partial charge in [0.2, 0.25) is 0 Å². The van der Waals surface area contributed by atoms with Crippen molar-refractivity contribution in [2.45, 2.75) is 6.92 Å². The molecule has 0 saturated carbocycles. The highest BCUT2D eigenvalue weighted by molar-refractivity contribution is 7.13. The van der Waals surface area contributed by atoms with Crippen LogP contribution in [0.4, 0.5) is 5.13 Å². The number of benzene rings is 1. The number of amides is 1. The minimum atomic E-state index is -0.291. The summed E-state index contributed by atoms with van der Waals surface area (Å²) < 4.78 is 5.31. The summed E-state index contributed by atoms with van der Waals surface area (Å²) in [7, 11) is 0. The molecule has 7 heteroatoms. The van der Waals surface area contributed by atoms with E-state index in [1.807, 2.05) is 12.3 Å². The van der Waals surface area contributed by atoms with Crippen LogP contribution in [0.25, 0.3) is 0 Å². The van der Waals surface area contributed by atoms with Gasteiger partial charge in [-0.05, 0) is 25.1 Å². The smallest absolute Gasteiger partial charge is 0.264 e. The van der Waals surface area contributed by atoms with Crippen molar-refractivity contribution in [3.05, 3.63) is 39.3 Å². The van der Waals surface area contributed by atoms with Gasteiger partial charge in [0.25, 0.3) is 5.91 Å². The number of nitrogens with zero attached hydrogens (tertiary/aromatic N) is 1. The van der Waals surface area contributed by atoms with Crippen LogP contribution in [-0.4, -0.2) is 17.5 Å². The first-order valence-electron chi connectivity index (χ1n) is 5.34.